The van der Waals surface area contributed by atoms with Crippen LogP contribution in [0.4, 0.5) is 5.69 Å². The molecule has 1 heterocycles. The summed E-state index contributed by atoms with van der Waals surface area (Å²) in [5, 5.41) is 8.31. The largest absolute Gasteiger partial charge is 0.495 e. The average molecular weight is 270 g/mol. The minimum absolute atomic E-state index is 0.0113. The normalized spacial score (nSPS) is 18.1. The summed E-state index contributed by atoms with van der Waals surface area (Å²) in [4.78, 5) is 12.3. The maximum atomic E-state index is 12.3. The van der Waals surface area contributed by atoms with Crippen LogP contribution in [0.1, 0.15) is 12.8 Å². The molecule has 0 spiro atoms. The van der Waals surface area contributed by atoms with Gasteiger partial charge in [-0.3, -0.25) is 4.79 Å². The molecule has 4 heteroatoms. The molecular formula is C16H18N2O2. The molecule has 0 bridgehead atoms. The van der Waals surface area contributed by atoms with Gasteiger partial charge >= 0.3 is 0 Å². The van der Waals surface area contributed by atoms with Gasteiger partial charge in [-0.1, -0.05) is 30.3 Å². The van der Waals surface area contributed by atoms with Crippen molar-refractivity contribution in [2.75, 3.05) is 19.0 Å². The van der Waals surface area contributed by atoms with Crippen molar-refractivity contribution < 1.29 is 9.53 Å². The number of anilines is 1. The van der Waals surface area contributed by atoms with Gasteiger partial charge in [0.1, 0.15) is 5.75 Å². The van der Waals surface area contributed by atoms with Crippen LogP contribution in [0.5, 0.6) is 5.75 Å². The Kier molecular flexibility index (Phi) is 3.56. The van der Waals surface area contributed by atoms with Gasteiger partial charge < -0.3 is 15.4 Å². The predicted molar refractivity (Wildman–Crippen MR) is 80.2 cm³/mol. The Morgan fingerprint density at radius 3 is 2.90 bits per heavy atom. The van der Waals surface area contributed by atoms with E-state index in [2.05, 4.69) is 10.6 Å². The number of carbonyl (C=O) groups is 1. The number of ether oxygens (including phenoxy) is 1. The Bertz CT molecular complexity index is 633. The van der Waals surface area contributed by atoms with Gasteiger partial charge in [-0.25, -0.2) is 0 Å². The second-order valence-electron chi connectivity index (χ2n) is 5.00. The molecule has 2 N–H and O–H groups in total. The van der Waals surface area contributed by atoms with E-state index >= 15 is 0 Å². The number of hydrogen-bond acceptors (Lipinski definition) is 3. The minimum Gasteiger partial charge on any atom is -0.495 e. The monoisotopic (exact) mass is 270 g/mol. The molecule has 1 fully saturated rings. The third-order valence-electron chi connectivity index (χ3n) is 3.74. The summed E-state index contributed by atoms with van der Waals surface area (Å²) >= 11 is 0. The third kappa shape index (κ3) is 2.34. The van der Waals surface area contributed by atoms with E-state index in [0.717, 1.165) is 35.8 Å². The Balaban J connectivity index is 1.97. The van der Waals surface area contributed by atoms with Gasteiger partial charge in [0.2, 0.25) is 5.91 Å². The zero-order chi connectivity index (χ0) is 13.9. The van der Waals surface area contributed by atoms with E-state index in [1.165, 1.54) is 0 Å². The Morgan fingerprint density at radius 1 is 1.30 bits per heavy atom. The maximum absolute atomic E-state index is 12.3. The van der Waals surface area contributed by atoms with Crippen molar-refractivity contribution in [1.82, 2.24) is 5.32 Å². The summed E-state index contributed by atoms with van der Waals surface area (Å²) in [6.45, 7) is 0.907. The molecule has 104 valence electrons. The number of rotatable bonds is 3. The SMILES string of the molecule is COc1ccc2ccccc2c1NC(=O)[C@@H]1CCCN1. The number of fused-ring (bicyclic) bond motifs is 1. The number of benzene rings is 2. The lowest BCUT2D eigenvalue weighted by atomic mass is 10.1. The molecule has 1 aliphatic rings. The van der Waals surface area contributed by atoms with Gasteiger partial charge in [-0.15, -0.1) is 0 Å². The van der Waals surface area contributed by atoms with Crippen LogP contribution in [0, 0.1) is 0 Å². The highest BCUT2D eigenvalue weighted by molar-refractivity contribution is 6.06. The molecule has 0 radical (unpaired) electrons. The molecule has 3 rings (SSSR count). The van der Waals surface area contributed by atoms with E-state index in [1.807, 2.05) is 36.4 Å². The molecule has 0 unspecified atom stereocenters. The molecule has 0 aliphatic carbocycles. The van der Waals surface area contributed by atoms with Gasteiger partial charge in [0.25, 0.3) is 0 Å². The first-order valence-corrected chi connectivity index (χ1v) is 6.89. The van der Waals surface area contributed by atoms with Crippen molar-refractivity contribution in [3.8, 4) is 5.75 Å². The van der Waals surface area contributed by atoms with Gasteiger partial charge in [-0.05, 0) is 30.8 Å². The molecular weight excluding hydrogens is 252 g/mol. The quantitative estimate of drug-likeness (QED) is 0.901. The second kappa shape index (κ2) is 5.51. The van der Waals surface area contributed by atoms with Crippen LogP contribution in [-0.4, -0.2) is 25.6 Å². The highest BCUT2D eigenvalue weighted by Crippen LogP contribution is 2.33. The molecule has 1 aliphatic heterocycles. The van der Waals surface area contributed by atoms with Crippen molar-refractivity contribution in [3.63, 3.8) is 0 Å². The molecule has 4 nitrogen and oxygen atoms in total. The third-order valence-corrected chi connectivity index (χ3v) is 3.74. The van der Waals surface area contributed by atoms with Gasteiger partial charge in [0.15, 0.2) is 0 Å². The first-order chi connectivity index (χ1) is 9.79. The van der Waals surface area contributed by atoms with Crippen molar-refractivity contribution in [3.05, 3.63) is 36.4 Å². The fourth-order valence-corrected chi connectivity index (χ4v) is 2.67. The van der Waals surface area contributed by atoms with Crippen molar-refractivity contribution in [2.45, 2.75) is 18.9 Å². The predicted octanol–water partition coefficient (Wildman–Crippen LogP) is 2.54. The Labute approximate surface area is 118 Å². The summed E-state index contributed by atoms with van der Waals surface area (Å²) < 4.78 is 5.38. The second-order valence-corrected chi connectivity index (χ2v) is 5.00. The molecule has 1 atom stereocenters. The minimum atomic E-state index is -0.0984. The smallest absolute Gasteiger partial charge is 0.241 e. The summed E-state index contributed by atoms with van der Waals surface area (Å²) in [5.74, 6) is 0.701. The Morgan fingerprint density at radius 2 is 2.15 bits per heavy atom. The molecule has 2 aromatic carbocycles. The fourth-order valence-electron chi connectivity index (χ4n) is 2.67. The van der Waals surface area contributed by atoms with E-state index in [-0.39, 0.29) is 11.9 Å². The molecule has 0 aromatic heterocycles. The standard InChI is InChI=1S/C16H18N2O2/c1-20-14-9-8-11-5-2-3-6-12(11)15(14)18-16(19)13-7-4-10-17-13/h2-3,5-6,8-9,13,17H,4,7,10H2,1H3,(H,18,19)/t13-/m0/s1. The van der Waals surface area contributed by atoms with Crippen molar-refractivity contribution in [2.24, 2.45) is 0 Å². The van der Waals surface area contributed by atoms with Crippen LogP contribution in [-0.2, 0) is 4.79 Å². The van der Waals surface area contributed by atoms with Crippen LogP contribution in [0.25, 0.3) is 10.8 Å². The number of carbonyl (C=O) groups excluding carboxylic acids is 1. The highest BCUT2D eigenvalue weighted by atomic mass is 16.5. The van der Waals surface area contributed by atoms with Crippen LogP contribution in [0.2, 0.25) is 0 Å². The topological polar surface area (TPSA) is 50.4 Å². The number of hydrogen-bond donors (Lipinski definition) is 2. The summed E-state index contributed by atoms with van der Waals surface area (Å²) in [6, 6.07) is 11.8. The lowest BCUT2D eigenvalue weighted by molar-refractivity contribution is -0.117. The molecule has 1 amide bonds. The summed E-state index contributed by atoms with van der Waals surface area (Å²) in [6.07, 6.45) is 1.93. The lowest BCUT2D eigenvalue weighted by Crippen LogP contribution is -2.35. The number of methoxy groups -OCH3 is 1. The number of nitrogens with one attached hydrogen (secondary N) is 2. The fraction of sp³-hybridized carbons (Fsp3) is 0.312. The zero-order valence-electron chi connectivity index (χ0n) is 11.5. The maximum Gasteiger partial charge on any atom is 0.241 e. The van der Waals surface area contributed by atoms with Gasteiger partial charge in [0, 0.05) is 5.39 Å². The molecule has 1 saturated heterocycles. The molecule has 2 aromatic rings. The van der Waals surface area contributed by atoms with Crippen LogP contribution in [0.3, 0.4) is 0 Å². The lowest BCUT2D eigenvalue weighted by Gasteiger charge is -2.16. The van der Waals surface area contributed by atoms with Gasteiger partial charge in [-0.2, -0.15) is 0 Å². The highest BCUT2D eigenvalue weighted by Gasteiger charge is 2.23. The zero-order valence-corrected chi connectivity index (χ0v) is 11.5. The first kappa shape index (κ1) is 12.9. The van der Waals surface area contributed by atoms with E-state index in [9.17, 15) is 4.79 Å². The van der Waals surface area contributed by atoms with Crippen LogP contribution in [0.15, 0.2) is 36.4 Å². The van der Waals surface area contributed by atoms with E-state index in [1.54, 1.807) is 7.11 Å². The summed E-state index contributed by atoms with van der Waals surface area (Å²) in [5.41, 5.74) is 0.754. The van der Waals surface area contributed by atoms with Gasteiger partial charge in [0.05, 0.1) is 18.8 Å². The summed E-state index contributed by atoms with van der Waals surface area (Å²) in [7, 11) is 1.62. The average Bonchev–Trinajstić information content (AvgIpc) is 3.02. The molecule has 0 saturated carbocycles. The first-order valence-electron chi connectivity index (χ1n) is 6.89. The van der Waals surface area contributed by atoms with E-state index in [0.29, 0.717) is 5.75 Å². The Hall–Kier alpha value is -2.07. The molecule has 20 heavy (non-hydrogen) atoms. The van der Waals surface area contributed by atoms with E-state index < -0.39 is 0 Å². The van der Waals surface area contributed by atoms with Crippen molar-refractivity contribution >= 4 is 22.4 Å². The van der Waals surface area contributed by atoms with Crippen LogP contribution < -0.4 is 15.4 Å². The van der Waals surface area contributed by atoms with Crippen LogP contribution >= 0.6 is 0 Å². The van der Waals surface area contributed by atoms with Crippen molar-refractivity contribution in [1.29, 1.82) is 0 Å². The number of amides is 1. The van der Waals surface area contributed by atoms with E-state index in [4.69, 9.17) is 4.74 Å².